The summed E-state index contributed by atoms with van der Waals surface area (Å²) in [6, 6.07) is 11.9. The largest absolute Gasteiger partial charge is 0.380 e. The van der Waals surface area contributed by atoms with E-state index < -0.39 is 0 Å². The van der Waals surface area contributed by atoms with Crippen LogP contribution in [0.2, 0.25) is 0 Å². The second kappa shape index (κ2) is 8.99. The van der Waals surface area contributed by atoms with Crippen LogP contribution in [0, 0.1) is 12.7 Å². The Morgan fingerprint density at radius 3 is 2.71 bits per heavy atom. The number of fused-ring (bicyclic) bond motifs is 1. The molecule has 3 aromatic rings. The number of hydrogen-bond donors (Lipinski definition) is 3. The van der Waals surface area contributed by atoms with Crippen molar-refractivity contribution in [1.82, 2.24) is 10.3 Å². The van der Waals surface area contributed by atoms with E-state index >= 15 is 0 Å². The third-order valence-corrected chi connectivity index (χ3v) is 4.66. The number of hydrogen-bond acceptors (Lipinski definition) is 3. The van der Waals surface area contributed by atoms with Crippen LogP contribution in [0.4, 0.5) is 4.39 Å². The molecule has 0 aliphatic carbocycles. The number of aryl methyl sites for hydroxylation is 1. The van der Waals surface area contributed by atoms with Crippen molar-refractivity contribution >= 4 is 16.8 Å². The molecular weight excluding hydrogens is 357 g/mol. The zero-order valence-electron chi connectivity index (χ0n) is 16.2. The van der Waals surface area contributed by atoms with Crippen LogP contribution < -0.4 is 11.1 Å². The van der Waals surface area contributed by atoms with Crippen molar-refractivity contribution in [1.29, 1.82) is 0 Å². The molecule has 0 aliphatic heterocycles. The van der Waals surface area contributed by atoms with Gasteiger partial charge >= 0.3 is 0 Å². The van der Waals surface area contributed by atoms with Crippen LogP contribution in [0.25, 0.3) is 22.0 Å². The van der Waals surface area contributed by atoms with Gasteiger partial charge in [0, 0.05) is 30.1 Å². The summed E-state index contributed by atoms with van der Waals surface area (Å²) in [4.78, 5) is 15.9. The minimum atomic E-state index is -0.277. The monoisotopic (exact) mass is 383 g/mol. The smallest absolute Gasteiger partial charge is 0.268 e. The van der Waals surface area contributed by atoms with Gasteiger partial charge in [0.1, 0.15) is 11.5 Å². The van der Waals surface area contributed by atoms with Gasteiger partial charge in [-0.3, -0.25) is 4.79 Å². The number of halogens is 1. The molecule has 1 amide bonds. The van der Waals surface area contributed by atoms with E-state index in [1.807, 2.05) is 32.0 Å². The second-order valence-corrected chi connectivity index (χ2v) is 6.91. The third kappa shape index (κ3) is 4.40. The van der Waals surface area contributed by atoms with Gasteiger partial charge in [0.25, 0.3) is 5.91 Å². The maximum Gasteiger partial charge on any atom is 0.268 e. The number of carbonyl (C=O) groups excluding carboxylic acids is 1. The first-order chi connectivity index (χ1) is 13.5. The van der Waals surface area contributed by atoms with Crippen molar-refractivity contribution in [3.05, 3.63) is 59.5 Å². The Balaban J connectivity index is 1.81. The van der Waals surface area contributed by atoms with E-state index in [2.05, 4.69) is 10.3 Å². The molecule has 0 fully saturated rings. The quantitative estimate of drug-likeness (QED) is 0.518. The molecule has 2 aromatic carbocycles. The molecule has 28 heavy (non-hydrogen) atoms. The molecule has 0 saturated carbocycles. The minimum absolute atomic E-state index is 0.204. The van der Waals surface area contributed by atoms with Gasteiger partial charge < -0.3 is 20.8 Å². The van der Waals surface area contributed by atoms with E-state index in [9.17, 15) is 9.18 Å². The summed E-state index contributed by atoms with van der Waals surface area (Å²) in [7, 11) is 0. The first-order valence-electron chi connectivity index (χ1n) is 9.50. The number of nitrogens with two attached hydrogens (primary N) is 1. The number of amides is 1. The zero-order chi connectivity index (χ0) is 20.1. The zero-order valence-corrected chi connectivity index (χ0v) is 16.2. The van der Waals surface area contributed by atoms with Crippen molar-refractivity contribution in [3.8, 4) is 11.1 Å². The number of benzene rings is 2. The number of ether oxygens (including phenoxy) is 1. The van der Waals surface area contributed by atoms with Crippen LogP contribution in [0.5, 0.6) is 0 Å². The van der Waals surface area contributed by atoms with Crippen LogP contribution >= 0.6 is 0 Å². The van der Waals surface area contributed by atoms with Gasteiger partial charge in [-0.1, -0.05) is 31.2 Å². The van der Waals surface area contributed by atoms with Crippen LogP contribution in [-0.4, -0.2) is 36.7 Å². The van der Waals surface area contributed by atoms with E-state index in [-0.39, 0.29) is 17.8 Å². The fraction of sp³-hybridized carbons (Fsp3) is 0.318. The number of aromatic nitrogens is 1. The Morgan fingerprint density at radius 1 is 1.25 bits per heavy atom. The lowest BCUT2D eigenvalue weighted by Crippen LogP contribution is -2.40. The number of rotatable bonds is 8. The molecule has 0 spiro atoms. The Kier molecular flexibility index (Phi) is 6.44. The molecule has 0 aliphatic rings. The molecule has 6 heteroatoms. The third-order valence-electron chi connectivity index (χ3n) is 4.66. The van der Waals surface area contributed by atoms with Crippen molar-refractivity contribution in [2.75, 3.05) is 19.8 Å². The summed E-state index contributed by atoms with van der Waals surface area (Å²) < 4.78 is 18.7. The minimum Gasteiger partial charge on any atom is -0.380 e. The highest BCUT2D eigenvalue weighted by molar-refractivity contribution is 6.05. The number of aromatic amines is 1. The van der Waals surface area contributed by atoms with E-state index in [4.69, 9.17) is 10.5 Å². The average molecular weight is 383 g/mol. The first kappa shape index (κ1) is 20.0. The van der Waals surface area contributed by atoms with Crippen molar-refractivity contribution < 1.29 is 13.9 Å². The highest BCUT2D eigenvalue weighted by Crippen LogP contribution is 2.32. The van der Waals surface area contributed by atoms with Gasteiger partial charge in [-0.2, -0.15) is 0 Å². The molecule has 1 aromatic heterocycles. The topological polar surface area (TPSA) is 80.1 Å². The highest BCUT2D eigenvalue weighted by atomic mass is 19.1. The normalized spacial score (nSPS) is 12.3. The van der Waals surface area contributed by atoms with Crippen LogP contribution in [0.3, 0.4) is 0 Å². The average Bonchev–Trinajstić information content (AvgIpc) is 3.04. The molecule has 0 unspecified atom stereocenters. The van der Waals surface area contributed by atoms with Crippen LogP contribution in [0.15, 0.2) is 42.5 Å². The van der Waals surface area contributed by atoms with E-state index in [0.29, 0.717) is 25.5 Å². The summed E-state index contributed by atoms with van der Waals surface area (Å²) in [5, 5.41) is 3.82. The van der Waals surface area contributed by atoms with Gasteiger partial charge in [-0.25, -0.2) is 4.39 Å². The number of carbonyl (C=O) groups is 1. The molecule has 5 nitrogen and oxygen atoms in total. The lowest BCUT2D eigenvalue weighted by molar-refractivity contribution is 0.0924. The molecule has 1 atom stereocenters. The fourth-order valence-corrected chi connectivity index (χ4v) is 3.26. The molecule has 3 rings (SSSR count). The van der Waals surface area contributed by atoms with Gasteiger partial charge in [-0.05, 0) is 48.2 Å². The number of H-pyrrole nitrogens is 1. The highest BCUT2D eigenvalue weighted by Gasteiger charge is 2.18. The summed E-state index contributed by atoms with van der Waals surface area (Å²) in [6.07, 6.45) is 0.934. The fourth-order valence-electron chi connectivity index (χ4n) is 3.26. The molecule has 0 radical (unpaired) electrons. The predicted octanol–water partition coefficient (Wildman–Crippen LogP) is 3.77. The maximum atomic E-state index is 13.3. The molecule has 1 heterocycles. The van der Waals surface area contributed by atoms with Crippen molar-refractivity contribution in [2.24, 2.45) is 5.73 Å². The SMILES string of the molecule is CCCOC[C@H](N)CNC(=O)c1[nH]c2cccc(-c3ccc(F)cc3)c2c1C. The van der Waals surface area contributed by atoms with Crippen molar-refractivity contribution in [3.63, 3.8) is 0 Å². The predicted molar refractivity (Wildman–Crippen MR) is 110 cm³/mol. The van der Waals surface area contributed by atoms with E-state index in [1.54, 1.807) is 12.1 Å². The lowest BCUT2D eigenvalue weighted by atomic mass is 9.99. The van der Waals surface area contributed by atoms with E-state index in [0.717, 1.165) is 34.0 Å². The lowest BCUT2D eigenvalue weighted by Gasteiger charge is -2.13. The number of nitrogens with one attached hydrogen (secondary N) is 2. The molecule has 0 saturated heterocycles. The molecular formula is C22H26FN3O2. The standard InChI is InChI=1S/C22H26FN3O2/c1-3-11-28-13-17(24)12-25-22(27)21-14(2)20-18(5-4-6-19(20)26-21)15-7-9-16(23)10-8-15/h4-10,17,26H,3,11-13,24H2,1-2H3,(H,25,27)/t17-/m1/s1. The second-order valence-electron chi connectivity index (χ2n) is 6.91. The van der Waals surface area contributed by atoms with E-state index in [1.165, 1.54) is 12.1 Å². The van der Waals surface area contributed by atoms with Gasteiger partial charge in [-0.15, -0.1) is 0 Å². The van der Waals surface area contributed by atoms with Gasteiger partial charge in [0.15, 0.2) is 0 Å². The van der Waals surface area contributed by atoms with Crippen LogP contribution in [-0.2, 0) is 4.74 Å². The summed E-state index contributed by atoms with van der Waals surface area (Å²) >= 11 is 0. The van der Waals surface area contributed by atoms with Crippen molar-refractivity contribution in [2.45, 2.75) is 26.3 Å². The first-order valence-corrected chi connectivity index (χ1v) is 9.50. The molecule has 4 N–H and O–H groups in total. The van der Waals surface area contributed by atoms with Crippen LogP contribution in [0.1, 0.15) is 29.4 Å². The summed E-state index contributed by atoms with van der Waals surface area (Å²) in [5.74, 6) is -0.481. The molecule has 0 bridgehead atoms. The summed E-state index contributed by atoms with van der Waals surface area (Å²) in [5.41, 5.74) is 10.1. The Labute approximate surface area is 164 Å². The Morgan fingerprint density at radius 2 is 2.00 bits per heavy atom. The molecule has 148 valence electrons. The maximum absolute atomic E-state index is 13.3. The van der Waals surface area contributed by atoms with Gasteiger partial charge in [0.2, 0.25) is 0 Å². The summed E-state index contributed by atoms with van der Waals surface area (Å²) in [6.45, 7) is 5.35. The Hall–Kier alpha value is -2.70. The van der Waals surface area contributed by atoms with Gasteiger partial charge in [0.05, 0.1) is 6.61 Å². The Bertz CT molecular complexity index is 950.